The van der Waals surface area contributed by atoms with Crippen molar-refractivity contribution in [1.29, 1.82) is 0 Å². The second kappa shape index (κ2) is 7.64. The van der Waals surface area contributed by atoms with Crippen LogP contribution in [0.1, 0.15) is 32.3 Å². The van der Waals surface area contributed by atoms with Gasteiger partial charge in [-0.15, -0.1) is 0 Å². The Kier molecular flexibility index (Phi) is 6.17. The molecule has 1 aromatic carbocycles. The first kappa shape index (κ1) is 17.0. The average molecular weight is 295 g/mol. The first-order valence-electron chi connectivity index (χ1n) is 6.74. The second-order valence-corrected chi connectivity index (χ2v) is 5.14. The van der Waals surface area contributed by atoms with Gasteiger partial charge in [-0.3, -0.25) is 4.79 Å². The Labute approximate surface area is 123 Å². The third-order valence-electron chi connectivity index (χ3n) is 2.96. The number of aliphatic hydroxyl groups is 1. The van der Waals surface area contributed by atoms with E-state index in [-0.39, 0.29) is 6.61 Å². The summed E-state index contributed by atoms with van der Waals surface area (Å²) in [6, 6.07) is 6.01. The van der Waals surface area contributed by atoms with Crippen LogP contribution in [0.5, 0.6) is 5.75 Å². The minimum Gasteiger partial charge on any atom is -0.484 e. The zero-order valence-electron chi connectivity index (χ0n) is 12.4. The molecule has 0 aliphatic heterocycles. The van der Waals surface area contributed by atoms with Gasteiger partial charge in [0.2, 0.25) is 0 Å². The van der Waals surface area contributed by atoms with Crippen molar-refractivity contribution in [2.75, 3.05) is 6.61 Å². The topological polar surface area (TPSA) is 95.9 Å². The lowest BCUT2D eigenvalue weighted by Gasteiger charge is -2.17. The summed E-state index contributed by atoms with van der Waals surface area (Å²) in [5.41, 5.74) is 1.08. The molecule has 1 aromatic rings. The number of aliphatic hydroxyl groups excluding tert-OH is 1. The lowest BCUT2D eigenvalue weighted by Crippen LogP contribution is -2.49. The molecule has 6 heteroatoms. The molecule has 0 radical (unpaired) electrons. The summed E-state index contributed by atoms with van der Waals surface area (Å²) >= 11 is 0. The van der Waals surface area contributed by atoms with Crippen molar-refractivity contribution in [2.24, 2.45) is 0 Å². The average Bonchev–Trinajstić information content (AvgIpc) is 2.42. The number of hydrogen-bond acceptors (Lipinski definition) is 4. The summed E-state index contributed by atoms with van der Waals surface area (Å²) in [7, 11) is 0. The maximum absolute atomic E-state index is 11.6. The SMILES string of the molecule is CC(C)c1cccc(OCC(=O)NC(C(=O)O)C(C)O)c1. The van der Waals surface area contributed by atoms with Gasteiger partial charge in [0, 0.05) is 0 Å². The number of carboxylic acids is 1. The normalized spacial score (nSPS) is 13.6. The highest BCUT2D eigenvalue weighted by molar-refractivity contribution is 5.84. The highest BCUT2D eigenvalue weighted by Crippen LogP contribution is 2.19. The van der Waals surface area contributed by atoms with Gasteiger partial charge in [-0.05, 0) is 30.5 Å². The van der Waals surface area contributed by atoms with E-state index in [9.17, 15) is 14.7 Å². The fourth-order valence-corrected chi connectivity index (χ4v) is 1.72. The zero-order valence-corrected chi connectivity index (χ0v) is 12.4. The molecule has 1 amide bonds. The van der Waals surface area contributed by atoms with Gasteiger partial charge in [-0.1, -0.05) is 26.0 Å². The molecule has 21 heavy (non-hydrogen) atoms. The number of ether oxygens (including phenoxy) is 1. The van der Waals surface area contributed by atoms with Gasteiger partial charge in [0.15, 0.2) is 12.6 Å². The van der Waals surface area contributed by atoms with Crippen molar-refractivity contribution >= 4 is 11.9 Å². The third-order valence-corrected chi connectivity index (χ3v) is 2.96. The molecule has 0 bridgehead atoms. The van der Waals surface area contributed by atoms with Crippen molar-refractivity contribution in [3.63, 3.8) is 0 Å². The number of carbonyl (C=O) groups excluding carboxylic acids is 1. The highest BCUT2D eigenvalue weighted by Gasteiger charge is 2.24. The Morgan fingerprint density at radius 3 is 2.48 bits per heavy atom. The predicted octanol–water partition coefficient (Wildman–Crippen LogP) is 1.14. The van der Waals surface area contributed by atoms with Crippen LogP contribution in [0.25, 0.3) is 0 Å². The third kappa shape index (κ3) is 5.43. The monoisotopic (exact) mass is 295 g/mol. The molecule has 0 aromatic heterocycles. The molecule has 0 heterocycles. The molecule has 1 rings (SSSR count). The van der Waals surface area contributed by atoms with Crippen LogP contribution in [0.2, 0.25) is 0 Å². The van der Waals surface area contributed by atoms with E-state index in [1.165, 1.54) is 6.92 Å². The Balaban J connectivity index is 2.57. The number of nitrogens with one attached hydrogen (secondary N) is 1. The minimum atomic E-state index is -1.34. The first-order valence-corrected chi connectivity index (χ1v) is 6.74. The van der Waals surface area contributed by atoms with E-state index < -0.39 is 24.0 Å². The van der Waals surface area contributed by atoms with Crippen LogP contribution in [-0.2, 0) is 9.59 Å². The maximum atomic E-state index is 11.6. The molecule has 0 fully saturated rings. The molecular formula is C15H21NO5. The summed E-state index contributed by atoms with van der Waals surface area (Å²) in [4.78, 5) is 22.5. The maximum Gasteiger partial charge on any atom is 0.328 e. The van der Waals surface area contributed by atoms with Gasteiger partial charge in [0.05, 0.1) is 6.10 Å². The standard InChI is InChI=1S/C15H21NO5/c1-9(2)11-5-4-6-12(7-11)21-8-13(18)16-14(10(3)17)15(19)20/h4-7,9-10,14,17H,8H2,1-3H3,(H,16,18)(H,19,20). The number of rotatable bonds is 7. The number of benzene rings is 1. The molecule has 0 saturated heterocycles. The van der Waals surface area contributed by atoms with Crippen molar-refractivity contribution in [1.82, 2.24) is 5.32 Å². The molecule has 116 valence electrons. The summed E-state index contributed by atoms with van der Waals surface area (Å²) < 4.78 is 5.33. The quantitative estimate of drug-likeness (QED) is 0.701. The summed E-state index contributed by atoms with van der Waals surface area (Å²) in [6.07, 6.45) is -1.18. The largest absolute Gasteiger partial charge is 0.484 e. The van der Waals surface area contributed by atoms with Gasteiger partial charge in [-0.2, -0.15) is 0 Å². The van der Waals surface area contributed by atoms with Crippen LogP contribution in [0.3, 0.4) is 0 Å². The van der Waals surface area contributed by atoms with Crippen molar-refractivity contribution in [3.05, 3.63) is 29.8 Å². The van der Waals surface area contributed by atoms with Crippen molar-refractivity contribution in [3.8, 4) is 5.75 Å². The van der Waals surface area contributed by atoms with Crippen LogP contribution in [0, 0.1) is 0 Å². The molecule has 0 saturated carbocycles. The Morgan fingerprint density at radius 2 is 1.95 bits per heavy atom. The van der Waals surface area contributed by atoms with Gasteiger partial charge in [-0.25, -0.2) is 4.79 Å². The van der Waals surface area contributed by atoms with E-state index >= 15 is 0 Å². The molecular weight excluding hydrogens is 274 g/mol. The summed E-state index contributed by atoms with van der Waals surface area (Å²) in [5, 5.41) is 20.3. The van der Waals surface area contributed by atoms with Gasteiger partial charge in [0.1, 0.15) is 5.75 Å². The number of amides is 1. The molecule has 0 aliphatic rings. The van der Waals surface area contributed by atoms with E-state index in [0.29, 0.717) is 11.7 Å². The molecule has 3 N–H and O–H groups in total. The van der Waals surface area contributed by atoms with Gasteiger partial charge >= 0.3 is 5.97 Å². The van der Waals surface area contributed by atoms with Crippen LogP contribution in [0.15, 0.2) is 24.3 Å². The summed E-state index contributed by atoms with van der Waals surface area (Å²) in [6.45, 7) is 5.09. The van der Waals surface area contributed by atoms with Crippen molar-refractivity contribution in [2.45, 2.75) is 38.8 Å². The molecule has 0 aliphatic carbocycles. The first-order chi connectivity index (χ1) is 9.81. The fourth-order valence-electron chi connectivity index (χ4n) is 1.72. The van der Waals surface area contributed by atoms with E-state index in [1.807, 2.05) is 32.0 Å². The Hall–Kier alpha value is -2.08. The van der Waals surface area contributed by atoms with Crippen LogP contribution in [-0.4, -0.2) is 40.8 Å². The zero-order chi connectivity index (χ0) is 16.0. The highest BCUT2D eigenvalue weighted by atomic mass is 16.5. The lowest BCUT2D eigenvalue weighted by molar-refractivity contribution is -0.145. The summed E-state index contributed by atoms with van der Waals surface area (Å²) in [5.74, 6) is -1.01. The fraction of sp³-hybridized carbons (Fsp3) is 0.467. The number of hydrogen-bond donors (Lipinski definition) is 3. The Bertz CT molecular complexity index is 499. The molecule has 6 nitrogen and oxygen atoms in total. The predicted molar refractivity (Wildman–Crippen MR) is 77.3 cm³/mol. The molecule has 0 spiro atoms. The van der Waals surface area contributed by atoms with Crippen LogP contribution in [0.4, 0.5) is 0 Å². The number of carboxylic acid groups (broad SMARTS) is 1. The molecule has 2 unspecified atom stereocenters. The van der Waals surface area contributed by atoms with Gasteiger partial charge in [0.25, 0.3) is 5.91 Å². The van der Waals surface area contributed by atoms with Gasteiger partial charge < -0.3 is 20.3 Å². The second-order valence-electron chi connectivity index (χ2n) is 5.14. The minimum absolute atomic E-state index is 0.307. The Morgan fingerprint density at radius 1 is 1.29 bits per heavy atom. The molecule has 2 atom stereocenters. The smallest absolute Gasteiger partial charge is 0.328 e. The van der Waals surface area contributed by atoms with Crippen LogP contribution >= 0.6 is 0 Å². The van der Waals surface area contributed by atoms with Crippen molar-refractivity contribution < 1.29 is 24.5 Å². The number of carbonyl (C=O) groups is 2. The number of aliphatic carboxylic acids is 1. The lowest BCUT2D eigenvalue weighted by atomic mass is 10.0. The van der Waals surface area contributed by atoms with E-state index in [1.54, 1.807) is 6.07 Å². The van der Waals surface area contributed by atoms with E-state index in [0.717, 1.165) is 5.56 Å². The van der Waals surface area contributed by atoms with E-state index in [2.05, 4.69) is 5.32 Å². The van der Waals surface area contributed by atoms with Crippen LogP contribution < -0.4 is 10.1 Å². The van der Waals surface area contributed by atoms with E-state index in [4.69, 9.17) is 9.84 Å².